The van der Waals surface area contributed by atoms with Gasteiger partial charge >= 0.3 is 0 Å². The fraction of sp³-hybridized carbons (Fsp3) is 0.455. The van der Waals surface area contributed by atoms with E-state index in [2.05, 4.69) is 5.32 Å². The molecule has 0 spiro atoms. The van der Waals surface area contributed by atoms with Gasteiger partial charge < -0.3 is 10.2 Å². The van der Waals surface area contributed by atoms with Crippen molar-refractivity contribution >= 4 is 33.3 Å². The Labute approximate surface area is 186 Å². The zero-order chi connectivity index (χ0) is 22.7. The molecule has 168 valence electrons. The molecule has 0 unspecified atom stereocenters. The van der Waals surface area contributed by atoms with Gasteiger partial charge in [0, 0.05) is 25.3 Å². The van der Waals surface area contributed by atoms with E-state index in [4.69, 9.17) is 4.98 Å². The van der Waals surface area contributed by atoms with Crippen molar-refractivity contribution in [3.05, 3.63) is 45.9 Å². The van der Waals surface area contributed by atoms with Crippen LogP contribution in [0.15, 0.2) is 34.8 Å². The summed E-state index contributed by atoms with van der Waals surface area (Å²) in [6, 6.07) is 6.59. The Morgan fingerprint density at radius 3 is 2.62 bits per heavy atom. The van der Waals surface area contributed by atoms with Crippen molar-refractivity contribution in [3.8, 4) is 6.07 Å². The van der Waals surface area contributed by atoms with E-state index in [0.29, 0.717) is 17.9 Å². The Kier molecular flexibility index (Phi) is 6.28. The van der Waals surface area contributed by atoms with Crippen LogP contribution in [0.2, 0.25) is 0 Å². The molecule has 0 aliphatic carbocycles. The van der Waals surface area contributed by atoms with Gasteiger partial charge in [-0.3, -0.25) is 14.0 Å². The summed E-state index contributed by atoms with van der Waals surface area (Å²) in [5, 5.41) is 12.3. The maximum atomic E-state index is 13.3. The fourth-order valence-electron chi connectivity index (χ4n) is 4.21. The highest BCUT2D eigenvalue weighted by Gasteiger charge is 2.30. The summed E-state index contributed by atoms with van der Waals surface area (Å²) >= 11 is 0. The first-order valence-electron chi connectivity index (χ1n) is 10.8. The zero-order valence-corrected chi connectivity index (χ0v) is 18.5. The molecule has 1 amide bonds. The standard InChI is InChI=1S/C22H25N5O4S/c23-14-16(21(28)24-17-8-12-32(30,31)15-17)13-18-20(26-9-4-1-2-5-10-26)25-19-7-3-6-11-27(19)22(18)29/h3,6-7,11,13,17H,1-2,4-5,8-10,12,15H2,(H,24,28)/b16-13-/t17-/m1/s1. The van der Waals surface area contributed by atoms with E-state index in [0.717, 1.165) is 38.8 Å². The molecule has 2 saturated heterocycles. The Balaban J connectivity index is 1.75. The van der Waals surface area contributed by atoms with E-state index >= 15 is 0 Å². The van der Waals surface area contributed by atoms with E-state index < -0.39 is 21.8 Å². The Morgan fingerprint density at radius 1 is 1.22 bits per heavy atom. The van der Waals surface area contributed by atoms with Crippen LogP contribution in [0.3, 0.4) is 0 Å². The van der Waals surface area contributed by atoms with Crippen LogP contribution in [0.1, 0.15) is 37.7 Å². The highest BCUT2D eigenvalue weighted by molar-refractivity contribution is 7.91. The maximum Gasteiger partial charge on any atom is 0.267 e. The molecule has 32 heavy (non-hydrogen) atoms. The van der Waals surface area contributed by atoms with Gasteiger partial charge in [-0.15, -0.1) is 0 Å². The predicted molar refractivity (Wildman–Crippen MR) is 121 cm³/mol. The summed E-state index contributed by atoms with van der Waals surface area (Å²) in [7, 11) is -3.18. The van der Waals surface area contributed by atoms with Gasteiger partial charge in [-0.05, 0) is 37.5 Å². The predicted octanol–water partition coefficient (Wildman–Crippen LogP) is 1.29. The van der Waals surface area contributed by atoms with Crippen LogP contribution < -0.4 is 15.8 Å². The molecule has 0 saturated carbocycles. The molecule has 2 aromatic heterocycles. The van der Waals surface area contributed by atoms with Crippen LogP contribution in [-0.4, -0.2) is 54.3 Å². The van der Waals surface area contributed by atoms with Gasteiger partial charge in [0.05, 0.1) is 17.1 Å². The lowest BCUT2D eigenvalue weighted by atomic mass is 10.1. The van der Waals surface area contributed by atoms with Crippen LogP contribution in [0.4, 0.5) is 5.82 Å². The molecule has 4 rings (SSSR count). The number of nitriles is 1. The van der Waals surface area contributed by atoms with E-state index in [9.17, 15) is 23.3 Å². The average molecular weight is 456 g/mol. The Morgan fingerprint density at radius 2 is 1.97 bits per heavy atom. The molecular weight excluding hydrogens is 430 g/mol. The number of fused-ring (bicyclic) bond motifs is 1. The number of carbonyl (C=O) groups excluding carboxylic acids is 1. The van der Waals surface area contributed by atoms with Crippen LogP contribution in [0.5, 0.6) is 0 Å². The highest BCUT2D eigenvalue weighted by Crippen LogP contribution is 2.23. The summed E-state index contributed by atoms with van der Waals surface area (Å²) in [5.74, 6) is -0.351. The van der Waals surface area contributed by atoms with Crippen LogP contribution in [-0.2, 0) is 14.6 Å². The summed E-state index contributed by atoms with van der Waals surface area (Å²) in [6.07, 6.45) is 7.35. The van der Waals surface area contributed by atoms with Crippen molar-refractivity contribution in [2.75, 3.05) is 29.5 Å². The molecule has 4 heterocycles. The molecule has 2 fully saturated rings. The van der Waals surface area contributed by atoms with E-state index in [1.807, 2.05) is 11.0 Å². The zero-order valence-electron chi connectivity index (χ0n) is 17.7. The van der Waals surface area contributed by atoms with Crippen molar-refractivity contribution in [1.29, 1.82) is 5.26 Å². The monoisotopic (exact) mass is 455 g/mol. The molecule has 1 N–H and O–H groups in total. The van der Waals surface area contributed by atoms with Crippen molar-refractivity contribution in [3.63, 3.8) is 0 Å². The number of carbonyl (C=O) groups is 1. The SMILES string of the molecule is N#C/C(=C/c1c(N2CCCCCC2)nc2ccccn2c1=O)C(=O)N[C@@H]1CCS(=O)(=O)C1. The van der Waals surface area contributed by atoms with Crippen molar-refractivity contribution in [2.24, 2.45) is 0 Å². The number of hydrogen-bond donors (Lipinski definition) is 1. The van der Waals surface area contributed by atoms with Crippen molar-refractivity contribution < 1.29 is 13.2 Å². The Hall–Kier alpha value is -3.19. The lowest BCUT2D eigenvalue weighted by Crippen LogP contribution is -2.36. The van der Waals surface area contributed by atoms with Crippen molar-refractivity contribution in [1.82, 2.24) is 14.7 Å². The second-order valence-corrected chi connectivity index (χ2v) is 10.5. The third-order valence-electron chi connectivity index (χ3n) is 5.88. The molecule has 0 bridgehead atoms. The minimum Gasteiger partial charge on any atom is -0.356 e. The normalized spacial score (nSPS) is 21.2. The summed E-state index contributed by atoms with van der Waals surface area (Å²) < 4.78 is 24.8. The second kappa shape index (κ2) is 9.12. The lowest BCUT2D eigenvalue weighted by Gasteiger charge is -2.23. The summed E-state index contributed by atoms with van der Waals surface area (Å²) in [6.45, 7) is 1.48. The molecule has 1 atom stereocenters. The highest BCUT2D eigenvalue weighted by atomic mass is 32.2. The number of amides is 1. The smallest absolute Gasteiger partial charge is 0.267 e. The van der Waals surface area contributed by atoms with Gasteiger partial charge in [0.25, 0.3) is 11.5 Å². The third kappa shape index (κ3) is 4.67. The van der Waals surface area contributed by atoms with Gasteiger partial charge in [-0.25, -0.2) is 13.4 Å². The van der Waals surface area contributed by atoms with Gasteiger partial charge in [-0.1, -0.05) is 18.9 Å². The number of aromatic nitrogens is 2. The van der Waals surface area contributed by atoms with Gasteiger partial charge in [0.1, 0.15) is 23.1 Å². The minimum absolute atomic E-state index is 0.0125. The first-order chi connectivity index (χ1) is 15.4. The summed E-state index contributed by atoms with van der Waals surface area (Å²) in [5.41, 5.74) is 0.0633. The number of nitrogens with zero attached hydrogens (tertiary/aromatic N) is 4. The average Bonchev–Trinajstić information content (AvgIpc) is 2.95. The number of anilines is 1. The van der Waals surface area contributed by atoms with Gasteiger partial charge in [0.15, 0.2) is 9.84 Å². The molecule has 0 radical (unpaired) electrons. The van der Waals surface area contributed by atoms with Crippen LogP contribution in [0, 0.1) is 11.3 Å². The quantitative estimate of drug-likeness (QED) is 0.544. The number of hydrogen-bond acceptors (Lipinski definition) is 7. The molecule has 2 aromatic rings. The van der Waals surface area contributed by atoms with E-state index in [1.165, 1.54) is 10.5 Å². The first kappa shape index (κ1) is 22.0. The second-order valence-electron chi connectivity index (χ2n) is 8.23. The number of nitrogens with one attached hydrogen (secondary N) is 1. The van der Waals surface area contributed by atoms with Gasteiger partial charge in [0.2, 0.25) is 0 Å². The fourth-order valence-corrected chi connectivity index (χ4v) is 5.88. The molecule has 10 heteroatoms. The molecule has 2 aliphatic rings. The number of pyridine rings is 1. The van der Waals surface area contributed by atoms with E-state index in [1.54, 1.807) is 24.4 Å². The van der Waals surface area contributed by atoms with Gasteiger partial charge in [-0.2, -0.15) is 5.26 Å². The molecular formula is C22H25N5O4S. The lowest BCUT2D eigenvalue weighted by molar-refractivity contribution is -0.117. The molecule has 2 aliphatic heterocycles. The number of sulfone groups is 1. The molecule has 9 nitrogen and oxygen atoms in total. The van der Waals surface area contributed by atoms with E-state index in [-0.39, 0.29) is 28.2 Å². The third-order valence-corrected chi connectivity index (χ3v) is 7.64. The molecule has 0 aromatic carbocycles. The first-order valence-corrected chi connectivity index (χ1v) is 12.6. The topological polar surface area (TPSA) is 125 Å². The largest absolute Gasteiger partial charge is 0.356 e. The van der Waals surface area contributed by atoms with Crippen LogP contribution in [0.25, 0.3) is 11.7 Å². The minimum atomic E-state index is -3.18. The number of rotatable bonds is 4. The Bertz CT molecular complexity index is 1270. The van der Waals surface area contributed by atoms with Crippen molar-refractivity contribution in [2.45, 2.75) is 38.1 Å². The van der Waals surface area contributed by atoms with Crippen LogP contribution >= 0.6 is 0 Å². The maximum absolute atomic E-state index is 13.3. The summed E-state index contributed by atoms with van der Waals surface area (Å²) in [4.78, 5) is 32.8.